The Morgan fingerprint density at radius 3 is 2.28 bits per heavy atom. The fourth-order valence-corrected chi connectivity index (χ4v) is 3.26. The number of Topliss-reactive ketones (excluding diaryl/α,β-unsaturated/α-hetero) is 1. The molecule has 1 aliphatic carbocycles. The van der Waals surface area contributed by atoms with Crippen molar-refractivity contribution in [3.63, 3.8) is 0 Å². The van der Waals surface area contributed by atoms with E-state index in [0.29, 0.717) is 11.5 Å². The number of halogens is 1. The average Bonchev–Trinajstić information content (AvgIpc) is 2.78. The van der Waals surface area contributed by atoms with Crippen LogP contribution in [0.25, 0.3) is 0 Å². The van der Waals surface area contributed by atoms with Gasteiger partial charge < -0.3 is 0 Å². The molecular formula is C16H21FO. The maximum atomic E-state index is 12.9. The highest BCUT2D eigenvalue weighted by molar-refractivity contribution is 6.00. The zero-order valence-corrected chi connectivity index (χ0v) is 11.2. The second-order valence-corrected chi connectivity index (χ2v) is 5.92. The zero-order valence-electron chi connectivity index (χ0n) is 11.2. The van der Waals surface area contributed by atoms with Crippen LogP contribution in [0.4, 0.5) is 4.39 Å². The first-order valence-electron chi connectivity index (χ1n) is 6.84. The Balaban J connectivity index is 2.26. The molecule has 0 spiro atoms. The van der Waals surface area contributed by atoms with Gasteiger partial charge in [-0.3, -0.25) is 4.79 Å². The van der Waals surface area contributed by atoms with Gasteiger partial charge in [0.15, 0.2) is 5.78 Å². The van der Waals surface area contributed by atoms with Gasteiger partial charge in [0, 0.05) is 11.0 Å². The lowest BCUT2D eigenvalue weighted by Crippen LogP contribution is -2.29. The highest BCUT2D eigenvalue weighted by atomic mass is 19.1. The molecule has 0 atom stereocenters. The normalized spacial score (nSPS) is 18.2. The summed E-state index contributed by atoms with van der Waals surface area (Å²) in [6.45, 7) is 4.33. The molecule has 98 valence electrons. The number of rotatable bonds is 4. The standard InChI is InChI=1S/C16H21FO/c1-12(2)11-16(9-3-4-10-16)15(18)13-5-7-14(17)8-6-13/h5-8,12H,3-4,9-11H2,1-2H3. The number of benzene rings is 1. The Kier molecular flexibility index (Phi) is 3.84. The molecule has 1 nitrogen and oxygen atoms in total. The first-order chi connectivity index (χ1) is 8.53. The highest BCUT2D eigenvalue weighted by Crippen LogP contribution is 2.45. The molecule has 2 heteroatoms. The molecular weight excluding hydrogens is 227 g/mol. The second kappa shape index (κ2) is 5.21. The maximum absolute atomic E-state index is 12.9. The molecule has 0 aliphatic heterocycles. The molecule has 1 fully saturated rings. The molecule has 1 aliphatic rings. The van der Waals surface area contributed by atoms with Crippen LogP contribution < -0.4 is 0 Å². The van der Waals surface area contributed by atoms with E-state index >= 15 is 0 Å². The van der Waals surface area contributed by atoms with Crippen LogP contribution in [0.15, 0.2) is 24.3 Å². The van der Waals surface area contributed by atoms with Crippen molar-refractivity contribution in [2.75, 3.05) is 0 Å². The molecule has 18 heavy (non-hydrogen) atoms. The zero-order chi connectivity index (χ0) is 13.2. The number of ketones is 1. The number of hydrogen-bond donors (Lipinski definition) is 0. The topological polar surface area (TPSA) is 17.1 Å². The minimum Gasteiger partial charge on any atom is -0.294 e. The quantitative estimate of drug-likeness (QED) is 0.711. The number of hydrogen-bond acceptors (Lipinski definition) is 1. The van der Waals surface area contributed by atoms with Gasteiger partial charge in [0.1, 0.15) is 5.82 Å². The number of carbonyl (C=O) groups excluding carboxylic acids is 1. The van der Waals surface area contributed by atoms with E-state index in [1.54, 1.807) is 12.1 Å². The summed E-state index contributed by atoms with van der Waals surface area (Å²) in [5.74, 6) is 0.456. The Morgan fingerprint density at radius 2 is 1.78 bits per heavy atom. The largest absolute Gasteiger partial charge is 0.294 e. The molecule has 0 aromatic heterocycles. The third-order valence-corrected chi connectivity index (χ3v) is 3.95. The number of carbonyl (C=O) groups is 1. The predicted octanol–water partition coefficient (Wildman–Crippen LogP) is 4.61. The minimum atomic E-state index is -0.282. The van der Waals surface area contributed by atoms with Crippen molar-refractivity contribution in [3.05, 3.63) is 35.6 Å². The molecule has 1 aromatic carbocycles. The van der Waals surface area contributed by atoms with Crippen molar-refractivity contribution >= 4 is 5.78 Å². The third-order valence-electron chi connectivity index (χ3n) is 3.95. The molecule has 0 amide bonds. The highest BCUT2D eigenvalue weighted by Gasteiger charge is 2.41. The van der Waals surface area contributed by atoms with Gasteiger partial charge >= 0.3 is 0 Å². The van der Waals surface area contributed by atoms with E-state index in [1.165, 1.54) is 12.1 Å². The van der Waals surface area contributed by atoms with Crippen LogP contribution >= 0.6 is 0 Å². The SMILES string of the molecule is CC(C)CC1(C(=O)c2ccc(F)cc2)CCCC1. The first-order valence-corrected chi connectivity index (χ1v) is 6.84. The van der Waals surface area contributed by atoms with Crippen LogP contribution in [0.1, 0.15) is 56.3 Å². The van der Waals surface area contributed by atoms with Crippen LogP contribution in [0.5, 0.6) is 0 Å². The lowest BCUT2D eigenvalue weighted by molar-refractivity contribution is 0.0760. The first kappa shape index (κ1) is 13.3. The molecule has 0 saturated heterocycles. The van der Waals surface area contributed by atoms with Crippen molar-refractivity contribution in [2.45, 2.75) is 46.0 Å². The summed E-state index contributed by atoms with van der Waals surface area (Å²) in [5.41, 5.74) is 0.477. The lowest BCUT2D eigenvalue weighted by atomic mass is 9.73. The maximum Gasteiger partial charge on any atom is 0.169 e. The smallest absolute Gasteiger partial charge is 0.169 e. The van der Waals surface area contributed by atoms with E-state index in [2.05, 4.69) is 13.8 Å². The summed E-state index contributed by atoms with van der Waals surface area (Å²) in [6, 6.07) is 6.01. The van der Waals surface area contributed by atoms with Gasteiger partial charge in [0.05, 0.1) is 0 Å². The van der Waals surface area contributed by atoms with Crippen LogP contribution in [0, 0.1) is 17.2 Å². The summed E-state index contributed by atoms with van der Waals surface area (Å²) in [4.78, 5) is 12.7. The lowest BCUT2D eigenvalue weighted by Gasteiger charge is -2.29. The van der Waals surface area contributed by atoms with E-state index in [4.69, 9.17) is 0 Å². The molecule has 1 aromatic rings. The predicted molar refractivity (Wildman–Crippen MR) is 71.1 cm³/mol. The van der Waals surface area contributed by atoms with Gasteiger partial charge in [-0.2, -0.15) is 0 Å². The van der Waals surface area contributed by atoms with E-state index in [0.717, 1.165) is 32.1 Å². The van der Waals surface area contributed by atoms with Gasteiger partial charge in [0.25, 0.3) is 0 Å². The van der Waals surface area contributed by atoms with E-state index in [9.17, 15) is 9.18 Å². The summed E-state index contributed by atoms with van der Waals surface area (Å²) >= 11 is 0. The minimum absolute atomic E-state index is 0.188. The Labute approximate surface area is 108 Å². The average molecular weight is 248 g/mol. The Hall–Kier alpha value is -1.18. The molecule has 2 rings (SSSR count). The third kappa shape index (κ3) is 2.63. The molecule has 0 unspecified atom stereocenters. The molecule has 0 heterocycles. The van der Waals surface area contributed by atoms with E-state index in [1.807, 2.05) is 0 Å². The van der Waals surface area contributed by atoms with Crippen LogP contribution in [-0.4, -0.2) is 5.78 Å². The van der Waals surface area contributed by atoms with E-state index in [-0.39, 0.29) is 17.0 Å². The van der Waals surface area contributed by atoms with Gasteiger partial charge in [-0.25, -0.2) is 4.39 Å². The molecule has 0 bridgehead atoms. The summed E-state index contributed by atoms with van der Waals surface area (Å²) in [6.07, 6.45) is 5.20. The van der Waals surface area contributed by atoms with Crippen LogP contribution in [0.2, 0.25) is 0 Å². The van der Waals surface area contributed by atoms with Gasteiger partial charge in [-0.05, 0) is 49.4 Å². The summed E-state index contributed by atoms with van der Waals surface area (Å²) < 4.78 is 12.9. The Bertz CT molecular complexity index is 413. The Morgan fingerprint density at radius 1 is 1.22 bits per heavy atom. The van der Waals surface area contributed by atoms with Crippen molar-refractivity contribution in [2.24, 2.45) is 11.3 Å². The van der Waals surface area contributed by atoms with Gasteiger partial charge in [-0.15, -0.1) is 0 Å². The molecule has 0 N–H and O–H groups in total. The van der Waals surface area contributed by atoms with Gasteiger partial charge in [0.2, 0.25) is 0 Å². The van der Waals surface area contributed by atoms with Crippen molar-refractivity contribution in [1.29, 1.82) is 0 Å². The fourth-order valence-electron chi connectivity index (χ4n) is 3.26. The fraction of sp³-hybridized carbons (Fsp3) is 0.562. The monoisotopic (exact) mass is 248 g/mol. The summed E-state index contributed by atoms with van der Waals surface area (Å²) in [7, 11) is 0. The van der Waals surface area contributed by atoms with Crippen molar-refractivity contribution < 1.29 is 9.18 Å². The molecule has 1 saturated carbocycles. The van der Waals surface area contributed by atoms with E-state index < -0.39 is 0 Å². The van der Waals surface area contributed by atoms with Crippen molar-refractivity contribution in [1.82, 2.24) is 0 Å². The van der Waals surface area contributed by atoms with Gasteiger partial charge in [-0.1, -0.05) is 26.7 Å². The second-order valence-electron chi connectivity index (χ2n) is 5.92. The molecule has 0 radical (unpaired) electrons. The van der Waals surface area contributed by atoms with Crippen LogP contribution in [0.3, 0.4) is 0 Å². The van der Waals surface area contributed by atoms with Crippen molar-refractivity contribution in [3.8, 4) is 0 Å². The summed E-state index contributed by atoms with van der Waals surface area (Å²) in [5, 5.41) is 0. The van der Waals surface area contributed by atoms with Crippen LogP contribution in [-0.2, 0) is 0 Å².